The number of hydrogen-bond acceptors (Lipinski definition) is 3. The molecular weight excluding hydrogens is 364 g/mol. The van der Waals surface area contributed by atoms with Crippen LogP contribution in [0.15, 0.2) is 54.6 Å². The Hall–Kier alpha value is -2.53. The lowest BCUT2D eigenvalue weighted by atomic mass is 9.96. The molecule has 5 nitrogen and oxygen atoms in total. The predicted octanol–water partition coefficient (Wildman–Crippen LogP) is 3.98. The highest BCUT2D eigenvalue weighted by atomic mass is 35.5. The second-order valence-electron chi connectivity index (χ2n) is 6.69. The highest BCUT2D eigenvalue weighted by Crippen LogP contribution is 2.21. The van der Waals surface area contributed by atoms with Gasteiger partial charge in [-0.15, -0.1) is 0 Å². The van der Waals surface area contributed by atoms with Crippen molar-refractivity contribution in [3.63, 3.8) is 0 Å². The molecule has 0 aromatic heterocycles. The number of carbonyl (C=O) groups excluding carboxylic acids is 2. The fourth-order valence-corrected chi connectivity index (χ4v) is 3.31. The van der Waals surface area contributed by atoms with Crippen molar-refractivity contribution in [3.8, 4) is 5.75 Å². The number of anilines is 1. The molecule has 6 heteroatoms. The van der Waals surface area contributed by atoms with Gasteiger partial charge < -0.3 is 15.0 Å². The summed E-state index contributed by atoms with van der Waals surface area (Å²) in [5.74, 6) is 0.216. The maximum absolute atomic E-state index is 12.7. The van der Waals surface area contributed by atoms with E-state index in [0.717, 1.165) is 18.5 Å². The van der Waals surface area contributed by atoms with Gasteiger partial charge in [0.1, 0.15) is 5.75 Å². The van der Waals surface area contributed by atoms with E-state index in [-0.39, 0.29) is 17.7 Å². The summed E-state index contributed by atoms with van der Waals surface area (Å²) in [6.45, 7) is 2.78. The predicted molar refractivity (Wildman–Crippen MR) is 106 cm³/mol. The Balaban J connectivity index is 1.57. The number of nitrogens with one attached hydrogen (secondary N) is 1. The quantitative estimate of drug-likeness (QED) is 0.845. The molecule has 0 saturated carbocycles. The van der Waals surface area contributed by atoms with Gasteiger partial charge in [-0.2, -0.15) is 0 Å². The van der Waals surface area contributed by atoms with Crippen LogP contribution >= 0.6 is 11.6 Å². The minimum Gasteiger partial charge on any atom is -0.481 e. The third-order valence-corrected chi connectivity index (χ3v) is 4.87. The van der Waals surface area contributed by atoms with Crippen molar-refractivity contribution in [2.75, 3.05) is 18.4 Å². The highest BCUT2D eigenvalue weighted by molar-refractivity contribution is 6.30. The lowest BCUT2D eigenvalue weighted by Crippen LogP contribution is -2.48. The summed E-state index contributed by atoms with van der Waals surface area (Å²) in [5.41, 5.74) is 0.769. The lowest BCUT2D eigenvalue weighted by molar-refractivity contribution is -0.140. The van der Waals surface area contributed by atoms with E-state index >= 15 is 0 Å². The van der Waals surface area contributed by atoms with Gasteiger partial charge in [0.2, 0.25) is 5.91 Å². The van der Waals surface area contributed by atoms with Crippen molar-refractivity contribution in [2.45, 2.75) is 25.9 Å². The van der Waals surface area contributed by atoms with E-state index in [1.54, 1.807) is 36.1 Å². The molecule has 1 N–H and O–H groups in total. The van der Waals surface area contributed by atoms with Gasteiger partial charge in [-0.25, -0.2) is 0 Å². The summed E-state index contributed by atoms with van der Waals surface area (Å²) in [6, 6.07) is 16.3. The van der Waals surface area contributed by atoms with Crippen molar-refractivity contribution in [3.05, 3.63) is 59.6 Å². The van der Waals surface area contributed by atoms with Crippen LogP contribution in [-0.2, 0) is 9.59 Å². The number of halogens is 1. The van der Waals surface area contributed by atoms with Gasteiger partial charge in [-0.3, -0.25) is 9.59 Å². The minimum atomic E-state index is -0.623. The van der Waals surface area contributed by atoms with E-state index in [0.29, 0.717) is 23.9 Å². The van der Waals surface area contributed by atoms with Gasteiger partial charge in [0.05, 0.1) is 5.92 Å². The molecular formula is C21H23ClN2O3. The fourth-order valence-electron chi connectivity index (χ4n) is 3.18. The Labute approximate surface area is 164 Å². The maximum Gasteiger partial charge on any atom is 0.263 e. The van der Waals surface area contributed by atoms with Crippen LogP contribution in [0.2, 0.25) is 5.02 Å². The SMILES string of the molecule is CC(Oc1ccc(Cl)cc1)C(=O)N1CCCC(C(=O)Nc2ccccc2)C1. The molecule has 2 aromatic carbocycles. The molecule has 2 unspecified atom stereocenters. The molecule has 2 amide bonds. The molecule has 1 aliphatic heterocycles. The molecule has 0 bridgehead atoms. The summed E-state index contributed by atoms with van der Waals surface area (Å²) >= 11 is 5.87. The molecule has 2 aromatic rings. The molecule has 27 heavy (non-hydrogen) atoms. The zero-order valence-corrected chi connectivity index (χ0v) is 16.0. The monoisotopic (exact) mass is 386 g/mol. The molecule has 0 aliphatic carbocycles. The third kappa shape index (κ3) is 5.23. The Morgan fingerprint density at radius 3 is 2.56 bits per heavy atom. The Bertz CT molecular complexity index is 780. The molecule has 0 radical (unpaired) electrons. The van der Waals surface area contributed by atoms with E-state index in [1.807, 2.05) is 30.3 Å². The number of carbonyl (C=O) groups is 2. The van der Waals surface area contributed by atoms with Crippen molar-refractivity contribution in [1.29, 1.82) is 0 Å². The van der Waals surface area contributed by atoms with Crippen LogP contribution < -0.4 is 10.1 Å². The largest absolute Gasteiger partial charge is 0.481 e. The molecule has 142 valence electrons. The summed E-state index contributed by atoms with van der Waals surface area (Å²) < 4.78 is 5.73. The first-order valence-electron chi connectivity index (χ1n) is 9.10. The van der Waals surface area contributed by atoms with Gasteiger partial charge in [-0.05, 0) is 56.2 Å². The number of hydrogen-bond donors (Lipinski definition) is 1. The molecule has 1 saturated heterocycles. The molecule has 3 rings (SSSR count). The Morgan fingerprint density at radius 1 is 1.15 bits per heavy atom. The average Bonchev–Trinajstić information content (AvgIpc) is 2.70. The standard InChI is InChI=1S/C21H23ClN2O3/c1-15(27-19-11-9-17(22)10-12-19)21(26)24-13-5-6-16(14-24)20(25)23-18-7-3-2-4-8-18/h2-4,7-12,15-16H,5-6,13-14H2,1H3,(H,23,25). The molecule has 1 heterocycles. The number of likely N-dealkylation sites (tertiary alicyclic amines) is 1. The smallest absolute Gasteiger partial charge is 0.263 e. The molecule has 1 fully saturated rings. The number of para-hydroxylation sites is 1. The van der Waals surface area contributed by atoms with Crippen LogP contribution in [0.25, 0.3) is 0 Å². The first kappa shape index (κ1) is 19.2. The topological polar surface area (TPSA) is 58.6 Å². The minimum absolute atomic E-state index is 0.0510. The first-order valence-corrected chi connectivity index (χ1v) is 9.47. The van der Waals surface area contributed by atoms with Gasteiger partial charge in [0.25, 0.3) is 5.91 Å². The second kappa shape index (κ2) is 8.91. The summed E-state index contributed by atoms with van der Waals surface area (Å²) in [4.78, 5) is 27.0. The van der Waals surface area contributed by atoms with Crippen LogP contribution in [0.5, 0.6) is 5.75 Å². The highest BCUT2D eigenvalue weighted by Gasteiger charge is 2.31. The van der Waals surface area contributed by atoms with Crippen LogP contribution in [0.1, 0.15) is 19.8 Å². The first-order chi connectivity index (χ1) is 13.0. The van der Waals surface area contributed by atoms with Crippen molar-refractivity contribution in [1.82, 2.24) is 4.90 Å². The number of nitrogens with zero attached hydrogens (tertiary/aromatic N) is 1. The number of benzene rings is 2. The number of rotatable bonds is 5. The van der Waals surface area contributed by atoms with E-state index in [4.69, 9.17) is 16.3 Å². The van der Waals surface area contributed by atoms with Crippen LogP contribution in [0.3, 0.4) is 0 Å². The normalized spacial score (nSPS) is 17.9. The number of amides is 2. The van der Waals surface area contributed by atoms with E-state index < -0.39 is 6.10 Å². The summed E-state index contributed by atoms with van der Waals surface area (Å²) in [5, 5.41) is 3.54. The van der Waals surface area contributed by atoms with Crippen LogP contribution in [0, 0.1) is 5.92 Å². The average molecular weight is 387 g/mol. The van der Waals surface area contributed by atoms with E-state index in [1.165, 1.54) is 0 Å². The molecule has 1 aliphatic rings. The van der Waals surface area contributed by atoms with Gasteiger partial charge in [0.15, 0.2) is 6.10 Å². The van der Waals surface area contributed by atoms with Crippen LogP contribution in [0.4, 0.5) is 5.69 Å². The molecule has 2 atom stereocenters. The molecule has 0 spiro atoms. The maximum atomic E-state index is 12.7. The van der Waals surface area contributed by atoms with Crippen molar-refractivity contribution >= 4 is 29.1 Å². The third-order valence-electron chi connectivity index (χ3n) is 4.62. The van der Waals surface area contributed by atoms with Crippen molar-refractivity contribution in [2.24, 2.45) is 5.92 Å². The van der Waals surface area contributed by atoms with Crippen molar-refractivity contribution < 1.29 is 14.3 Å². The second-order valence-corrected chi connectivity index (χ2v) is 7.13. The van der Waals surface area contributed by atoms with Gasteiger partial charge in [-0.1, -0.05) is 29.8 Å². The zero-order valence-electron chi connectivity index (χ0n) is 15.2. The summed E-state index contributed by atoms with van der Waals surface area (Å²) in [7, 11) is 0. The Kier molecular flexibility index (Phi) is 6.35. The van der Waals surface area contributed by atoms with Gasteiger partial charge >= 0.3 is 0 Å². The zero-order chi connectivity index (χ0) is 19.2. The number of ether oxygens (including phenoxy) is 1. The Morgan fingerprint density at radius 2 is 1.85 bits per heavy atom. The van der Waals surface area contributed by atoms with E-state index in [9.17, 15) is 9.59 Å². The van der Waals surface area contributed by atoms with E-state index in [2.05, 4.69) is 5.32 Å². The fraction of sp³-hybridized carbons (Fsp3) is 0.333. The van der Waals surface area contributed by atoms with Gasteiger partial charge in [0, 0.05) is 23.8 Å². The van der Waals surface area contributed by atoms with Crippen LogP contribution in [-0.4, -0.2) is 35.9 Å². The summed E-state index contributed by atoms with van der Waals surface area (Å²) in [6.07, 6.45) is 0.948. The number of piperidine rings is 1. The lowest BCUT2D eigenvalue weighted by Gasteiger charge is -2.33.